The highest BCUT2D eigenvalue weighted by atomic mass is 16.3. The fourth-order valence-electron chi connectivity index (χ4n) is 2.18. The first-order chi connectivity index (χ1) is 10.2. The van der Waals surface area contributed by atoms with Crippen molar-refractivity contribution in [3.63, 3.8) is 0 Å². The molecule has 2 aromatic rings. The number of rotatable bonds is 7. The fourth-order valence-corrected chi connectivity index (χ4v) is 2.18. The van der Waals surface area contributed by atoms with Crippen LogP contribution < -0.4 is 11.2 Å². The molecule has 2 rings (SSSR count). The lowest BCUT2D eigenvalue weighted by Crippen LogP contribution is -2.40. The Labute approximate surface area is 125 Å². The van der Waals surface area contributed by atoms with Gasteiger partial charge in [-0.3, -0.25) is 10.8 Å². The lowest BCUT2D eigenvalue weighted by atomic mass is 10.1. The van der Waals surface area contributed by atoms with Gasteiger partial charge in [-0.15, -0.1) is 0 Å². The van der Waals surface area contributed by atoms with Crippen LogP contribution in [0.25, 0.3) is 11.3 Å². The number of pyridine rings is 1. The van der Waals surface area contributed by atoms with E-state index in [-0.39, 0.29) is 0 Å². The van der Waals surface area contributed by atoms with Gasteiger partial charge in [0.15, 0.2) is 0 Å². The van der Waals surface area contributed by atoms with E-state index in [4.69, 9.17) is 5.84 Å². The molecule has 5 heteroatoms. The predicted octanol–water partition coefficient (Wildman–Crippen LogP) is 1.00. The Morgan fingerprint density at radius 1 is 1.24 bits per heavy atom. The average molecular weight is 286 g/mol. The van der Waals surface area contributed by atoms with Gasteiger partial charge in [-0.25, -0.2) is 5.01 Å². The zero-order chi connectivity index (χ0) is 15.1. The summed E-state index contributed by atoms with van der Waals surface area (Å²) in [4.78, 5) is 4.32. The molecular weight excluding hydrogens is 264 g/mol. The number of hydrazine groups is 1. The van der Waals surface area contributed by atoms with Crippen LogP contribution in [0, 0.1) is 0 Å². The molecule has 0 aliphatic heterocycles. The van der Waals surface area contributed by atoms with E-state index in [1.54, 1.807) is 18.3 Å². The Morgan fingerprint density at radius 3 is 2.62 bits per heavy atom. The molecule has 1 atom stereocenters. The Hall–Kier alpha value is -1.79. The van der Waals surface area contributed by atoms with Gasteiger partial charge in [0.2, 0.25) is 0 Å². The van der Waals surface area contributed by atoms with E-state index in [0.717, 1.165) is 16.8 Å². The van der Waals surface area contributed by atoms with Crippen molar-refractivity contribution in [2.75, 3.05) is 20.1 Å². The van der Waals surface area contributed by atoms with Crippen LogP contribution in [-0.4, -0.2) is 41.3 Å². The second-order valence-electron chi connectivity index (χ2n) is 5.05. The normalized spacial score (nSPS) is 12.6. The maximum atomic E-state index is 9.70. The summed E-state index contributed by atoms with van der Waals surface area (Å²) in [5, 5.41) is 14.2. The lowest BCUT2D eigenvalue weighted by molar-refractivity contribution is 0.109. The van der Waals surface area contributed by atoms with Gasteiger partial charge in [0, 0.05) is 31.4 Å². The predicted molar refractivity (Wildman–Crippen MR) is 84.2 cm³/mol. The number of hydrogen-bond donors (Lipinski definition) is 3. The van der Waals surface area contributed by atoms with Gasteiger partial charge in [-0.1, -0.05) is 30.3 Å². The van der Waals surface area contributed by atoms with Crippen LogP contribution in [0.5, 0.6) is 0 Å². The zero-order valence-corrected chi connectivity index (χ0v) is 12.2. The second-order valence-corrected chi connectivity index (χ2v) is 5.05. The summed E-state index contributed by atoms with van der Waals surface area (Å²) in [5.74, 6) is 5.92. The Balaban J connectivity index is 1.93. The van der Waals surface area contributed by atoms with E-state index in [2.05, 4.69) is 10.3 Å². The second kappa shape index (κ2) is 7.85. The van der Waals surface area contributed by atoms with Crippen LogP contribution in [0.1, 0.15) is 5.56 Å². The standard InChI is InChI=1S/C16H22N4O/c1-18-10-15(21)12-20(17)11-13-5-7-14(8-6-13)16-4-2-3-9-19-16/h2-9,15,18,21H,10-12,17H2,1H3. The Kier molecular flexibility index (Phi) is 5.83. The van der Waals surface area contributed by atoms with Crippen molar-refractivity contribution in [3.8, 4) is 11.3 Å². The number of benzene rings is 1. The van der Waals surface area contributed by atoms with Gasteiger partial charge in [-0.05, 0) is 24.7 Å². The summed E-state index contributed by atoms with van der Waals surface area (Å²) >= 11 is 0. The van der Waals surface area contributed by atoms with Gasteiger partial charge in [0.1, 0.15) is 0 Å². The van der Waals surface area contributed by atoms with E-state index in [1.165, 1.54) is 0 Å². The first kappa shape index (κ1) is 15.6. The molecule has 0 amide bonds. The number of likely N-dealkylation sites (N-methyl/N-ethyl adjacent to an activating group) is 1. The third kappa shape index (κ3) is 4.91. The summed E-state index contributed by atoms with van der Waals surface area (Å²) < 4.78 is 0. The molecule has 1 unspecified atom stereocenters. The van der Waals surface area contributed by atoms with E-state index in [9.17, 15) is 5.11 Å². The monoisotopic (exact) mass is 286 g/mol. The summed E-state index contributed by atoms with van der Waals surface area (Å²) in [6, 6.07) is 14.0. The van der Waals surface area contributed by atoms with Crippen LogP contribution in [-0.2, 0) is 6.54 Å². The summed E-state index contributed by atoms with van der Waals surface area (Å²) in [5.41, 5.74) is 3.14. The fraction of sp³-hybridized carbons (Fsp3) is 0.312. The summed E-state index contributed by atoms with van der Waals surface area (Å²) in [6.45, 7) is 1.57. The number of nitrogens with two attached hydrogens (primary N) is 1. The van der Waals surface area contributed by atoms with Crippen molar-refractivity contribution in [2.24, 2.45) is 5.84 Å². The van der Waals surface area contributed by atoms with Crippen molar-refractivity contribution >= 4 is 0 Å². The molecule has 0 saturated carbocycles. The van der Waals surface area contributed by atoms with E-state index >= 15 is 0 Å². The molecule has 112 valence electrons. The average Bonchev–Trinajstić information content (AvgIpc) is 2.49. The molecular formula is C16H22N4O. The number of nitrogens with zero attached hydrogens (tertiary/aromatic N) is 2. The van der Waals surface area contributed by atoms with Crippen molar-refractivity contribution in [1.29, 1.82) is 0 Å². The highest BCUT2D eigenvalue weighted by molar-refractivity contribution is 5.58. The van der Waals surface area contributed by atoms with Crippen molar-refractivity contribution in [1.82, 2.24) is 15.3 Å². The summed E-state index contributed by atoms with van der Waals surface area (Å²) in [7, 11) is 1.81. The molecule has 1 aromatic heterocycles. The maximum Gasteiger partial charge on any atom is 0.0805 e. The molecule has 5 nitrogen and oxygen atoms in total. The molecule has 0 fully saturated rings. The number of aliphatic hydroxyl groups excluding tert-OH is 1. The van der Waals surface area contributed by atoms with Crippen LogP contribution in [0.4, 0.5) is 0 Å². The van der Waals surface area contributed by atoms with Crippen LogP contribution in [0.2, 0.25) is 0 Å². The zero-order valence-electron chi connectivity index (χ0n) is 12.2. The van der Waals surface area contributed by atoms with Crippen LogP contribution in [0.3, 0.4) is 0 Å². The van der Waals surface area contributed by atoms with Crippen molar-refractivity contribution in [2.45, 2.75) is 12.6 Å². The minimum absolute atomic E-state index is 0.433. The first-order valence-corrected chi connectivity index (χ1v) is 7.01. The largest absolute Gasteiger partial charge is 0.390 e. The molecule has 0 saturated heterocycles. The number of aromatic nitrogens is 1. The quantitative estimate of drug-likeness (QED) is 0.523. The van der Waals surface area contributed by atoms with E-state index < -0.39 is 6.10 Å². The first-order valence-electron chi connectivity index (χ1n) is 7.01. The highest BCUT2D eigenvalue weighted by Crippen LogP contribution is 2.17. The molecule has 0 spiro atoms. The molecule has 1 aromatic carbocycles. The summed E-state index contributed by atoms with van der Waals surface area (Å²) in [6.07, 6.45) is 1.32. The Bertz CT molecular complexity index is 530. The van der Waals surface area contributed by atoms with Gasteiger partial charge in [-0.2, -0.15) is 0 Å². The van der Waals surface area contributed by atoms with Gasteiger partial charge in [0.05, 0.1) is 11.8 Å². The molecule has 4 N–H and O–H groups in total. The third-order valence-corrected chi connectivity index (χ3v) is 3.19. The van der Waals surface area contributed by atoms with Gasteiger partial charge in [0.25, 0.3) is 0 Å². The van der Waals surface area contributed by atoms with Crippen LogP contribution >= 0.6 is 0 Å². The van der Waals surface area contributed by atoms with Gasteiger partial charge < -0.3 is 10.4 Å². The molecule has 1 heterocycles. The van der Waals surface area contributed by atoms with E-state index in [0.29, 0.717) is 19.6 Å². The minimum atomic E-state index is -0.465. The molecule has 0 radical (unpaired) electrons. The topological polar surface area (TPSA) is 74.4 Å². The third-order valence-electron chi connectivity index (χ3n) is 3.19. The van der Waals surface area contributed by atoms with Crippen LogP contribution in [0.15, 0.2) is 48.7 Å². The SMILES string of the molecule is CNCC(O)CN(N)Cc1ccc(-c2ccccn2)cc1. The van der Waals surface area contributed by atoms with Crippen molar-refractivity contribution < 1.29 is 5.11 Å². The highest BCUT2D eigenvalue weighted by Gasteiger charge is 2.08. The van der Waals surface area contributed by atoms with Gasteiger partial charge >= 0.3 is 0 Å². The number of nitrogens with one attached hydrogen (secondary N) is 1. The Morgan fingerprint density at radius 2 is 2.00 bits per heavy atom. The molecule has 0 aliphatic rings. The lowest BCUT2D eigenvalue weighted by Gasteiger charge is -2.20. The maximum absolute atomic E-state index is 9.70. The molecule has 21 heavy (non-hydrogen) atoms. The minimum Gasteiger partial charge on any atom is -0.390 e. The molecule has 0 bridgehead atoms. The van der Waals surface area contributed by atoms with E-state index in [1.807, 2.05) is 42.5 Å². The van der Waals surface area contributed by atoms with Crippen molar-refractivity contribution in [3.05, 3.63) is 54.2 Å². The smallest absolute Gasteiger partial charge is 0.0805 e. The molecule has 0 aliphatic carbocycles. The number of aliphatic hydroxyl groups is 1. The number of hydrogen-bond acceptors (Lipinski definition) is 5.